The van der Waals surface area contributed by atoms with Crippen molar-refractivity contribution in [1.29, 1.82) is 0 Å². The normalized spacial score (nSPS) is 12.5. The van der Waals surface area contributed by atoms with Crippen LogP contribution in [0, 0.1) is 6.92 Å². The topological polar surface area (TPSA) is 63.8 Å². The van der Waals surface area contributed by atoms with Gasteiger partial charge in [-0.05, 0) is 42.8 Å². The fourth-order valence-corrected chi connectivity index (χ4v) is 2.32. The summed E-state index contributed by atoms with van der Waals surface area (Å²) in [6.07, 6.45) is 1.77. The second-order valence-electron chi connectivity index (χ2n) is 4.76. The highest BCUT2D eigenvalue weighted by molar-refractivity contribution is 5.79. The zero-order valence-corrected chi connectivity index (χ0v) is 11.2. The molecule has 20 heavy (non-hydrogen) atoms. The molecular weight excluding hydrogens is 248 g/mol. The van der Waals surface area contributed by atoms with E-state index in [1.807, 2.05) is 43.3 Å². The van der Waals surface area contributed by atoms with Gasteiger partial charge in [0.1, 0.15) is 0 Å². The van der Waals surface area contributed by atoms with E-state index in [0.29, 0.717) is 0 Å². The van der Waals surface area contributed by atoms with Gasteiger partial charge in [0.15, 0.2) is 0 Å². The Bertz CT molecular complexity index is 725. The van der Waals surface area contributed by atoms with Gasteiger partial charge in [-0.1, -0.05) is 18.2 Å². The molecule has 0 aliphatic heterocycles. The molecule has 2 heterocycles. The molecule has 1 aromatic carbocycles. The molecule has 1 atom stereocenters. The lowest BCUT2D eigenvalue weighted by molar-refractivity contribution is 0.621. The van der Waals surface area contributed by atoms with Gasteiger partial charge in [-0.3, -0.25) is 15.8 Å². The van der Waals surface area contributed by atoms with Gasteiger partial charge in [0.2, 0.25) is 0 Å². The van der Waals surface area contributed by atoms with Gasteiger partial charge in [-0.25, -0.2) is 5.43 Å². The van der Waals surface area contributed by atoms with E-state index in [1.54, 1.807) is 6.20 Å². The van der Waals surface area contributed by atoms with E-state index in [9.17, 15) is 0 Å². The summed E-state index contributed by atoms with van der Waals surface area (Å²) >= 11 is 0. The zero-order chi connectivity index (χ0) is 13.9. The molecule has 100 valence electrons. The van der Waals surface area contributed by atoms with Gasteiger partial charge in [0, 0.05) is 17.3 Å². The molecule has 0 bridgehead atoms. The van der Waals surface area contributed by atoms with Crippen molar-refractivity contribution in [2.75, 3.05) is 0 Å². The predicted octanol–water partition coefficient (Wildman–Crippen LogP) is 2.49. The Hall–Kier alpha value is -2.30. The molecule has 0 radical (unpaired) electrons. The summed E-state index contributed by atoms with van der Waals surface area (Å²) in [7, 11) is 0. The number of nitrogens with one attached hydrogen (secondary N) is 1. The van der Waals surface area contributed by atoms with Crippen LogP contribution >= 0.6 is 0 Å². The van der Waals surface area contributed by atoms with Gasteiger partial charge >= 0.3 is 0 Å². The number of nitrogens with zero attached hydrogens (tertiary/aromatic N) is 2. The van der Waals surface area contributed by atoms with Crippen molar-refractivity contribution in [3.05, 3.63) is 71.7 Å². The quantitative estimate of drug-likeness (QED) is 0.563. The minimum atomic E-state index is -0.123. The number of aryl methyl sites for hydroxylation is 1. The highest BCUT2D eigenvalue weighted by Crippen LogP contribution is 2.23. The SMILES string of the molecule is Cc1ccc2cc(C(NN)c3ccccn3)ccc2n1. The van der Waals surface area contributed by atoms with Crippen molar-refractivity contribution in [1.82, 2.24) is 15.4 Å². The van der Waals surface area contributed by atoms with E-state index in [1.165, 1.54) is 0 Å². The lowest BCUT2D eigenvalue weighted by Gasteiger charge is -2.16. The van der Waals surface area contributed by atoms with Crippen LogP contribution in [0.3, 0.4) is 0 Å². The molecular formula is C16H16N4. The van der Waals surface area contributed by atoms with Gasteiger partial charge in [-0.15, -0.1) is 0 Å². The van der Waals surface area contributed by atoms with Crippen molar-refractivity contribution in [2.45, 2.75) is 13.0 Å². The number of pyridine rings is 2. The third-order valence-electron chi connectivity index (χ3n) is 3.34. The first-order valence-corrected chi connectivity index (χ1v) is 6.52. The van der Waals surface area contributed by atoms with Gasteiger partial charge in [0.05, 0.1) is 17.3 Å². The number of fused-ring (bicyclic) bond motifs is 1. The van der Waals surface area contributed by atoms with Crippen molar-refractivity contribution in [3.8, 4) is 0 Å². The van der Waals surface area contributed by atoms with Crippen LogP contribution in [0.2, 0.25) is 0 Å². The van der Waals surface area contributed by atoms with Crippen LogP contribution < -0.4 is 11.3 Å². The fraction of sp³-hybridized carbons (Fsp3) is 0.125. The molecule has 0 spiro atoms. The first-order chi connectivity index (χ1) is 9.78. The lowest BCUT2D eigenvalue weighted by atomic mass is 10.0. The Balaban J connectivity index is 2.06. The smallest absolute Gasteiger partial charge is 0.0881 e. The largest absolute Gasteiger partial charge is 0.271 e. The summed E-state index contributed by atoms with van der Waals surface area (Å²) in [6.45, 7) is 1.99. The monoisotopic (exact) mass is 264 g/mol. The van der Waals surface area contributed by atoms with E-state index in [4.69, 9.17) is 5.84 Å². The third-order valence-corrected chi connectivity index (χ3v) is 3.34. The lowest BCUT2D eigenvalue weighted by Crippen LogP contribution is -2.29. The van der Waals surface area contributed by atoms with Crippen LogP contribution in [-0.2, 0) is 0 Å². The van der Waals surface area contributed by atoms with Crippen molar-refractivity contribution < 1.29 is 0 Å². The molecule has 4 heteroatoms. The fourth-order valence-electron chi connectivity index (χ4n) is 2.32. The van der Waals surface area contributed by atoms with Crippen LogP contribution in [0.4, 0.5) is 0 Å². The number of hydrogen-bond acceptors (Lipinski definition) is 4. The molecule has 0 aliphatic carbocycles. The Morgan fingerprint density at radius 1 is 1.10 bits per heavy atom. The number of aromatic nitrogens is 2. The van der Waals surface area contributed by atoms with Gasteiger partial charge < -0.3 is 0 Å². The van der Waals surface area contributed by atoms with Crippen LogP contribution in [0.25, 0.3) is 10.9 Å². The van der Waals surface area contributed by atoms with Crippen LogP contribution in [-0.4, -0.2) is 9.97 Å². The maximum Gasteiger partial charge on any atom is 0.0881 e. The molecule has 0 aliphatic rings. The average Bonchev–Trinajstić information content (AvgIpc) is 2.49. The summed E-state index contributed by atoms with van der Waals surface area (Å²) in [4.78, 5) is 8.87. The molecule has 0 saturated carbocycles. The van der Waals surface area contributed by atoms with E-state index in [-0.39, 0.29) is 6.04 Å². The molecule has 3 aromatic rings. The molecule has 3 rings (SSSR count). The van der Waals surface area contributed by atoms with Gasteiger partial charge in [0.25, 0.3) is 0 Å². The standard InChI is InChI=1S/C16H16N4/c1-11-5-6-12-10-13(7-8-14(12)19-11)16(20-17)15-4-2-3-9-18-15/h2-10,16,20H,17H2,1H3. The minimum absolute atomic E-state index is 0.123. The summed E-state index contributed by atoms with van der Waals surface area (Å²) in [5.74, 6) is 5.70. The summed E-state index contributed by atoms with van der Waals surface area (Å²) in [5.41, 5.74) is 6.81. The molecule has 4 nitrogen and oxygen atoms in total. The Labute approximate surface area is 117 Å². The van der Waals surface area contributed by atoms with E-state index >= 15 is 0 Å². The van der Waals surface area contributed by atoms with Crippen LogP contribution in [0.1, 0.15) is 23.0 Å². The first kappa shape index (κ1) is 12.7. The van der Waals surface area contributed by atoms with Gasteiger partial charge in [-0.2, -0.15) is 0 Å². The summed E-state index contributed by atoms with van der Waals surface area (Å²) in [5, 5.41) is 1.10. The predicted molar refractivity (Wildman–Crippen MR) is 79.9 cm³/mol. The number of hydrogen-bond donors (Lipinski definition) is 2. The second-order valence-corrected chi connectivity index (χ2v) is 4.76. The van der Waals surface area contributed by atoms with Crippen molar-refractivity contribution >= 4 is 10.9 Å². The molecule has 3 N–H and O–H groups in total. The molecule has 0 saturated heterocycles. The highest BCUT2D eigenvalue weighted by Gasteiger charge is 2.13. The second kappa shape index (κ2) is 5.36. The maximum atomic E-state index is 5.70. The number of nitrogens with two attached hydrogens (primary N) is 1. The van der Waals surface area contributed by atoms with E-state index in [0.717, 1.165) is 27.9 Å². The maximum absolute atomic E-state index is 5.70. The Morgan fingerprint density at radius 2 is 2.00 bits per heavy atom. The third kappa shape index (κ3) is 2.39. The molecule has 2 aromatic heterocycles. The van der Waals surface area contributed by atoms with Crippen molar-refractivity contribution in [2.24, 2.45) is 5.84 Å². The Kier molecular flexibility index (Phi) is 3.41. The van der Waals surface area contributed by atoms with Crippen LogP contribution in [0.5, 0.6) is 0 Å². The van der Waals surface area contributed by atoms with Crippen LogP contribution in [0.15, 0.2) is 54.7 Å². The van der Waals surface area contributed by atoms with E-state index in [2.05, 4.69) is 27.5 Å². The highest BCUT2D eigenvalue weighted by atomic mass is 15.2. The summed E-state index contributed by atoms with van der Waals surface area (Å²) < 4.78 is 0. The summed E-state index contributed by atoms with van der Waals surface area (Å²) in [6, 6.07) is 15.9. The molecule has 0 fully saturated rings. The van der Waals surface area contributed by atoms with Crippen molar-refractivity contribution in [3.63, 3.8) is 0 Å². The first-order valence-electron chi connectivity index (χ1n) is 6.52. The number of hydrazine groups is 1. The average molecular weight is 264 g/mol. The minimum Gasteiger partial charge on any atom is -0.271 e. The zero-order valence-electron chi connectivity index (χ0n) is 11.2. The number of rotatable bonds is 3. The molecule has 1 unspecified atom stereocenters. The number of benzene rings is 1. The molecule has 0 amide bonds. The van der Waals surface area contributed by atoms with E-state index < -0.39 is 0 Å². The Morgan fingerprint density at radius 3 is 2.75 bits per heavy atom.